The van der Waals surface area contributed by atoms with Gasteiger partial charge in [0.1, 0.15) is 0 Å². The molecule has 0 saturated carbocycles. The van der Waals surface area contributed by atoms with Crippen molar-refractivity contribution in [3.63, 3.8) is 0 Å². The number of aromatic nitrogens is 1. The summed E-state index contributed by atoms with van der Waals surface area (Å²) in [7, 11) is 0. The van der Waals surface area contributed by atoms with Gasteiger partial charge in [-0.25, -0.2) is 9.37 Å². The van der Waals surface area contributed by atoms with Crippen LogP contribution in [0.1, 0.15) is 6.42 Å². The summed E-state index contributed by atoms with van der Waals surface area (Å²) in [6.45, 7) is 3.46. The zero-order chi connectivity index (χ0) is 10.7. The minimum absolute atomic E-state index is 0.337. The van der Waals surface area contributed by atoms with Crippen LogP contribution in [0, 0.1) is 5.82 Å². The van der Waals surface area contributed by atoms with Crippen LogP contribution in [0.5, 0.6) is 0 Å². The van der Waals surface area contributed by atoms with Crippen molar-refractivity contribution < 1.29 is 4.39 Å². The van der Waals surface area contributed by atoms with E-state index in [1.807, 2.05) is 4.90 Å². The summed E-state index contributed by atoms with van der Waals surface area (Å²) in [5.41, 5.74) is 0. The third-order valence-corrected chi connectivity index (χ3v) is 2.63. The highest BCUT2D eigenvalue weighted by Gasteiger charge is 2.14. The molecule has 3 nitrogen and oxygen atoms in total. The van der Waals surface area contributed by atoms with E-state index in [1.165, 1.54) is 12.3 Å². The van der Waals surface area contributed by atoms with Crippen molar-refractivity contribution in [2.45, 2.75) is 6.42 Å². The predicted molar refractivity (Wildman–Crippen MR) is 58.9 cm³/mol. The van der Waals surface area contributed by atoms with Gasteiger partial charge in [0.15, 0.2) is 11.6 Å². The number of halogens is 2. The van der Waals surface area contributed by atoms with Gasteiger partial charge in [-0.3, -0.25) is 0 Å². The monoisotopic (exact) mass is 229 g/mol. The smallest absolute Gasteiger partial charge is 0.167 e. The highest BCUT2D eigenvalue weighted by atomic mass is 35.5. The molecular weight excluding hydrogens is 217 g/mol. The van der Waals surface area contributed by atoms with E-state index >= 15 is 0 Å². The summed E-state index contributed by atoms with van der Waals surface area (Å²) in [6, 6.07) is 1.31. The molecule has 2 rings (SSSR count). The van der Waals surface area contributed by atoms with Crippen LogP contribution in [-0.2, 0) is 0 Å². The van der Waals surface area contributed by atoms with Crippen molar-refractivity contribution in [3.05, 3.63) is 23.1 Å². The van der Waals surface area contributed by atoms with Gasteiger partial charge in [-0.1, -0.05) is 11.6 Å². The first-order valence-corrected chi connectivity index (χ1v) is 5.42. The van der Waals surface area contributed by atoms with Crippen LogP contribution in [0.2, 0.25) is 5.02 Å². The molecule has 0 spiro atoms. The number of hydrogen-bond acceptors (Lipinski definition) is 3. The number of rotatable bonds is 1. The molecule has 82 valence electrons. The zero-order valence-corrected chi connectivity index (χ0v) is 9.10. The summed E-state index contributed by atoms with van der Waals surface area (Å²) >= 11 is 5.65. The fraction of sp³-hybridized carbons (Fsp3) is 0.500. The lowest BCUT2D eigenvalue weighted by molar-refractivity contribution is 0.610. The van der Waals surface area contributed by atoms with Gasteiger partial charge >= 0.3 is 0 Å². The summed E-state index contributed by atoms with van der Waals surface area (Å²) < 4.78 is 13.6. The Hall–Kier alpha value is -0.870. The molecule has 1 aromatic heterocycles. The Morgan fingerprint density at radius 2 is 2.27 bits per heavy atom. The first-order valence-electron chi connectivity index (χ1n) is 5.04. The number of nitrogens with one attached hydrogen (secondary N) is 1. The van der Waals surface area contributed by atoms with Gasteiger partial charge in [-0.05, 0) is 19.0 Å². The van der Waals surface area contributed by atoms with Crippen molar-refractivity contribution in [1.82, 2.24) is 10.3 Å². The minimum atomic E-state index is -0.343. The van der Waals surface area contributed by atoms with Crippen molar-refractivity contribution in [2.75, 3.05) is 31.1 Å². The molecule has 0 radical (unpaired) electrons. The molecule has 1 fully saturated rings. The van der Waals surface area contributed by atoms with Crippen LogP contribution < -0.4 is 10.2 Å². The highest BCUT2D eigenvalue weighted by molar-refractivity contribution is 6.30. The number of anilines is 1. The van der Waals surface area contributed by atoms with Crippen LogP contribution in [0.4, 0.5) is 10.2 Å². The fourth-order valence-electron chi connectivity index (χ4n) is 1.70. The van der Waals surface area contributed by atoms with Gasteiger partial charge in [0, 0.05) is 25.8 Å². The molecular formula is C10H13ClFN3. The molecule has 15 heavy (non-hydrogen) atoms. The normalized spacial score (nSPS) is 17.6. The molecule has 0 atom stereocenters. The van der Waals surface area contributed by atoms with Gasteiger partial charge in [-0.2, -0.15) is 0 Å². The maximum Gasteiger partial charge on any atom is 0.167 e. The minimum Gasteiger partial charge on any atom is -0.353 e. The average Bonchev–Trinajstić information content (AvgIpc) is 2.46. The van der Waals surface area contributed by atoms with Gasteiger partial charge in [0.05, 0.1) is 5.02 Å². The quantitative estimate of drug-likeness (QED) is 0.794. The van der Waals surface area contributed by atoms with E-state index in [-0.39, 0.29) is 5.82 Å². The Morgan fingerprint density at radius 1 is 1.40 bits per heavy atom. The molecule has 1 aliphatic rings. The third kappa shape index (κ3) is 2.58. The largest absolute Gasteiger partial charge is 0.353 e. The number of pyridine rings is 1. The Kier molecular flexibility index (Phi) is 3.38. The second kappa shape index (κ2) is 4.77. The van der Waals surface area contributed by atoms with Crippen LogP contribution in [-0.4, -0.2) is 31.2 Å². The Bertz CT molecular complexity index is 337. The van der Waals surface area contributed by atoms with Gasteiger partial charge < -0.3 is 10.2 Å². The van der Waals surface area contributed by atoms with Crippen molar-refractivity contribution in [2.24, 2.45) is 0 Å². The molecule has 1 aliphatic heterocycles. The second-order valence-corrected chi connectivity index (χ2v) is 3.99. The molecule has 0 amide bonds. The summed E-state index contributed by atoms with van der Waals surface area (Å²) in [5, 5.41) is 3.60. The Morgan fingerprint density at radius 3 is 3.07 bits per heavy atom. The molecule has 0 aliphatic carbocycles. The van der Waals surface area contributed by atoms with E-state index in [2.05, 4.69) is 10.3 Å². The summed E-state index contributed by atoms with van der Waals surface area (Å²) in [4.78, 5) is 5.98. The maximum absolute atomic E-state index is 13.6. The van der Waals surface area contributed by atoms with Crippen LogP contribution in [0.3, 0.4) is 0 Å². The van der Waals surface area contributed by atoms with Gasteiger partial charge in [0.25, 0.3) is 0 Å². The number of hydrogen-bond donors (Lipinski definition) is 1. The third-order valence-electron chi connectivity index (χ3n) is 2.43. The lowest BCUT2D eigenvalue weighted by atomic mass is 10.3. The average molecular weight is 230 g/mol. The van der Waals surface area contributed by atoms with Crippen LogP contribution in [0.15, 0.2) is 12.3 Å². The predicted octanol–water partition coefficient (Wildman–Crippen LogP) is 1.67. The number of nitrogens with zero attached hydrogens (tertiary/aromatic N) is 2. The molecule has 5 heteroatoms. The molecule has 2 heterocycles. The topological polar surface area (TPSA) is 28.2 Å². The second-order valence-electron chi connectivity index (χ2n) is 3.55. The van der Waals surface area contributed by atoms with E-state index in [1.54, 1.807) is 0 Å². The Labute approximate surface area is 93.2 Å². The highest BCUT2D eigenvalue weighted by Crippen LogP contribution is 2.19. The molecule has 0 aromatic carbocycles. The van der Waals surface area contributed by atoms with E-state index < -0.39 is 0 Å². The van der Waals surface area contributed by atoms with Crippen LogP contribution >= 0.6 is 11.6 Å². The SMILES string of the molecule is Fc1cc(Cl)cnc1N1CCCNCC1. The molecule has 0 unspecified atom stereocenters. The van der Waals surface area contributed by atoms with E-state index in [0.717, 1.165) is 32.6 Å². The summed E-state index contributed by atoms with van der Waals surface area (Å²) in [5.74, 6) is 0.0625. The first kappa shape index (κ1) is 10.6. The summed E-state index contributed by atoms with van der Waals surface area (Å²) in [6.07, 6.45) is 2.49. The van der Waals surface area contributed by atoms with Crippen LogP contribution in [0.25, 0.3) is 0 Å². The first-order chi connectivity index (χ1) is 7.27. The fourth-order valence-corrected chi connectivity index (χ4v) is 1.84. The molecule has 0 bridgehead atoms. The van der Waals surface area contributed by atoms with Gasteiger partial charge in [0.2, 0.25) is 0 Å². The molecule has 1 saturated heterocycles. The van der Waals surface area contributed by atoms with E-state index in [9.17, 15) is 4.39 Å². The van der Waals surface area contributed by atoms with Gasteiger partial charge in [-0.15, -0.1) is 0 Å². The maximum atomic E-state index is 13.6. The van der Waals surface area contributed by atoms with E-state index in [0.29, 0.717) is 10.8 Å². The molecule has 1 N–H and O–H groups in total. The van der Waals surface area contributed by atoms with Crippen molar-refractivity contribution in [1.29, 1.82) is 0 Å². The lowest BCUT2D eigenvalue weighted by Gasteiger charge is -2.21. The molecule has 1 aromatic rings. The Balaban J connectivity index is 2.19. The lowest BCUT2D eigenvalue weighted by Crippen LogP contribution is -2.29. The van der Waals surface area contributed by atoms with E-state index in [4.69, 9.17) is 11.6 Å². The standard InChI is InChI=1S/C10H13ClFN3/c11-8-6-9(12)10(14-7-8)15-4-1-2-13-3-5-15/h6-7,13H,1-5H2. The van der Waals surface area contributed by atoms with Crippen molar-refractivity contribution >= 4 is 17.4 Å². The zero-order valence-electron chi connectivity index (χ0n) is 8.34. The van der Waals surface area contributed by atoms with Crippen molar-refractivity contribution in [3.8, 4) is 0 Å².